The maximum atomic E-state index is 12.6. The molecule has 0 fully saturated rings. The molecule has 0 aliphatic heterocycles. The molecule has 9 nitrogen and oxygen atoms in total. The minimum absolute atomic E-state index is 0.0487. The van der Waals surface area contributed by atoms with E-state index in [-0.39, 0.29) is 32.6 Å². The summed E-state index contributed by atoms with van der Waals surface area (Å²) >= 11 is 0. The van der Waals surface area contributed by atoms with Gasteiger partial charge in [-0.15, -0.1) is 0 Å². The minimum atomic E-state index is -4.38. The molecule has 1 unspecified atom stereocenters. The van der Waals surface area contributed by atoms with Gasteiger partial charge in [0.05, 0.1) is 13.2 Å². The lowest BCUT2D eigenvalue weighted by atomic mass is 10.1. The van der Waals surface area contributed by atoms with Gasteiger partial charge in [-0.05, 0) is 77.0 Å². The van der Waals surface area contributed by atoms with Crippen molar-refractivity contribution in [2.75, 3.05) is 26.4 Å². The number of hydrogen-bond donors (Lipinski definition) is 2. The highest BCUT2D eigenvalue weighted by Crippen LogP contribution is 2.43. The first-order valence-corrected chi connectivity index (χ1v) is 24.6. The first-order valence-electron chi connectivity index (χ1n) is 23.1. The average molecular weight is 824 g/mol. The van der Waals surface area contributed by atoms with Crippen LogP contribution in [0.1, 0.15) is 206 Å². The molecular formula is C47H86NO8P. The molecule has 0 rings (SSSR count). The number of nitrogens with two attached hydrogens (primary N) is 1. The third-order valence-corrected chi connectivity index (χ3v) is 10.7. The Hall–Kier alpha value is -2.03. The van der Waals surface area contributed by atoms with Crippen LogP contribution in [-0.4, -0.2) is 49.3 Å². The molecule has 0 aliphatic rings. The zero-order chi connectivity index (χ0) is 41.8. The third kappa shape index (κ3) is 43.4. The lowest BCUT2D eigenvalue weighted by molar-refractivity contribution is -0.161. The van der Waals surface area contributed by atoms with E-state index in [2.05, 4.69) is 62.5 Å². The van der Waals surface area contributed by atoms with Crippen LogP contribution in [0.5, 0.6) is 0 Å². The highest BCUT2D eigenvalue weighted by molar-refractivity contribution is 7.47. The zero-order valence-corrected chi connectivity index (χ0v) is 37.5. The van der Waals surface area contributed by atoms with Crippen molar-refractivity contribution in [3.8, 4) is 0 Å². The van der Waals surface area contributed by atoms with Crippen molar-refractivity contribution in [2.45, 2.75) is 213 Å². The topological polar surface area (TPSA) is 134 Å². The van der Waals surface area contributed by atoms with Crippen molar-refractivity contribution in [3.63, 3.8) is 0 Å². The van der Waals surface area contributed by atoms with Gasteiger partial charge < -0.3 is 20.1 Å². The number of allylic oxidation sites excluding steroid dienone is 8. The third-order valence-electron chi connectivity index (χ3n) is 9.69. The Morgan fingerprint density at radius 3 is 1.40 bits per heavy atom. The first-order chi connectivity index (χ1) is 27.8. The fourth-order valence-electron chi connectivity index (χ4n) is 6.22. The fraction of sp³-hybridized carbons (Fsp3) is 0.787. The van der Waals surface area contributed by atoms with E-state index < -0.39 is 32.5 Å². The average Bonchev–Trinajstić information content (AvgIpc) is 3.20. The van der Waals surface area contributed by atoms with Crippen molar-refractivity contribution < 1.29 is 37.6 Å². The number of rotatable bonds is 43. The lowest BCUT2D eigenvalue weighted by Crippen LogP contribution is -2.29. The molecule has 0 amide bonds. The summed E-state index contributed by atoms with van der Waals surface area (Å²) < 4.78 is 32.8. The van der Waals surface area contributed by atoms with E-state index in [4.69, 9.17) is 24.3 Å². The van der Waals surface area contributed by atoms with Crippen LogP contribution in [0, 0.1) is 0 Å². The summed E-state index contributed by atoms with van der Waals surface area (Å²) in [4.78, 5) is 34.9. The molecule has 332 valence electrons. The van der Waals surface area contributed by atoms with Gasteiger partial charge in [-0.1, -0.05) is 165 Å². The van der Waals surface area contributed by atoms with Crippen LogP contribution in [0.4, 0.5) is 0 Å². The predicted octanol–water partition coefficient (Wildman–Crippen LogP) is 13.5. The Morgan fingerprint density at radius 2 is 0.912 bits per heavy atom. The molecule has 0 aromatic carbocycles. The summed E-state index contributed by atoms with van der Waals surface area (Å²) in [6.07, 6.45) is 49.9. The van der Waals surface area contributed by atoms with Crippen LogP contribution >= 0.6 is 7.82 Å². The standard InChI is InChI=1S/C47H86NO8P/c1-3-5-7-9-11-13-15-17-19-21-22-24-26-28-30-32-34-36-38-40-47(50)56-45(44-55-57(51,52)54-42-41-48)43-53-46(49)39-37-35-33-31-29-27-25-23-20-18-16-14-12-10-8-6-4-2/h12,14,17-20,25,27,45H,3-11,13,15-16,21-24,26,28-44,48H2,1-2H3,(H,51,52)/t45-/m1/s1. The Bertz CT molecular complexity index is 1080. The molecule has 3 N–H and O–H groups in total. The van der Waals surface area contributed by atoms with E-state index in [1.54, 1.807) is 0 Å². The predicted molar refractivity (Wildman–Crippen MR) is 238 cm³/mol. The van der Waals surface area contributed by atoms with Crippen molar-refractivity contribution >= 4 is 19.8 Å². The number of phosphoric ester groups is 1. The number of unbranched alkanes of at least 4 members (excludes halogenated alkanes) is 22. The van der Waals surface area contributed by atoms with E-state index in [1.807, 2.05) is 0 Å². The minimum Gasteiger partial charge on any atom is -0.462 e. The number of carbonyl (C=O) groups is 2. The van der Waals surface area contributed by atoms with Gasteiger partial charge in [0.25, 0.3) is 0 Å². The smallest absolute Gasteiger partial charge is 0.462 e. The van der Waals surface area contributed by atoms with Crippen LogP contribution in [0.25, 0.3) is 0 Å². The molecule has 0 aromatic rings. The van der Waals surface area contributed by atoms with E-state index in [9.17, 15) is 19.0 Å². The summed E-state index contributed by atoms with van der Waals surface area (Å²) in [5, 5.41) is 0. The molecule has 0 heterocycles. The molecule has 57 heavy (non-hydrogen) atoms. The molecule has 0 spiro atoms. The van der Waals surface area contributed by atoms with Crippen molar-refractivity contribution in [3.05, 3.63) is 48.6 Å². The van der Waals surface area contributed by atoms with Crippen molar-refractivity contribution in [2.24, 2.45) is 5.73 Å². The van der Waals surface area contributed by atoms with Crippen LogP contribution < -0.4 is 5.73 Å². The van der Waals surface area contributed by atoms with E-state index in [0.717, 1.165) is 57.8 Å². The summed E-state index contributed by atoms with van der Waals surface area (Å²) in [6.45, 7) is 3.68. The van der Waals surface area contributed by atoms with Crippen LogP contribution in [0.15, 0.2) is 48.6 Å². The van der Waals surface area contributed by atoms with Crippen molar-refractivity contribution in [1.82, 2.24) is 0 Å². The fourth-order valence-corrected chi connectivity index (χ4v) is 6.99. The van der Waals surface area contributed by atoms with Gasteiger partial charge >= 0.3 is 19.8 Å². The number of phosphoric acid groups is 1. The number of ether oxygens (including phenoxy) is 2. The normalized spacial score (nSPS) is 13.7. The van der Waals surface area contributed by atoms with Crippen molar-refractivity contribution in [1.29, 1.82) is 0 Å². The maximum Gasteiger partial charge on any atom is 0.472 e. The van der Waals surface area contributed by atoms with Gasteiger partial charge in [0, 0.05) is 19.4 Å². The summed E-state index contributed by atoms with van der Waals surface area (Å²) in [5.74, 6) is -0.854. The van der Waals surface area contributed by atoms with Gasteiger partial charge in [0.15, 0.2) is 6.10 Å². The Balaban J connectivity index is 4.15. The van der Waals surface area contributed by atoms with E-state index in [1.165, 1.54) is 109 Å². The monoisotopic (exact) mass is 824 g/mol. The second-order valence-corrected chi connectivity index (χ2v) is 16.7. The Morgan fingerprint density at radius 1 is 0.526 bits per heavy atom. The molecule has 0 aliphatic carbocycles. The van der Waals surface area contributed by atoms with Gasteiger partial charge in [0.2, 0.25) is 0 Å². The molecule has 0 saturated heterocycles. The van der Waals surface area contributed by atoms with Crippen LogP contribution in [-0.2, 0) is 32.7 Å². The number of hydrogen-bond acceptors (Lipinski definition) is 8. The SMILES string of the molecule is CCCCCC=CCC=CCC=CCCCCCCC(=O)OC[C@H](COP(=O)(O)OCCN)OC(=O)CCCCCCCCCCCC=CCCCCCCCC. The first kappa shape index (κ1) is 55.0. The van der Waals surface area contributed by atoms with E-state index >= 15 is 0 Å². The Labute approximate surface area is 349 Å². The quantitative estimate of drug-likeness (QED) is 0.0267. The summed E-state index contributed by atoms with van der Waals surface area (Å²) in [5.41, 5.74) is 5.35. The molecule has 0 aromatic heterocycles. The summed E-state index contributed by atoms with van der Waals surface area (Å²) in [7, 11) is -4.38. The molecule has 10 heteroatoms. The van der Waals surface area contributed by atoms with E-state index in [0.29, 0.717) is 12.8 Å². The molecular weight excluding hydrogens is 737 g/mol. The number of esters is 2. The van der Waals surface area contributed by atoms with Crippen LogP contribution in [0.3, 0.4) is 0 Å². The van der Waals surface area contributed by atoms with Gasteiger partial charge in [0.1, 0.15) is 6.61 Å². The zero-order valence-electron chi connectivity index (χ0n) is 36.6. The molecule has 0 radical (unpaired) electrons. The highest BCUT2D eigenvalue weighted by atomic mass is 31.2. The second-order valence-electron chi connectivity index (χ2n) is 15.3. The van der Waals surface area contributed by atoms with Gasteiger partial charge in [-0.3, -0.25) is 18.6 Å². The molecule has 0 bridgehead atoms. The number of carbonyl (C=O) groups excluding carboxylic acids is 2. The van der Waals surface area contributed by atoms with Crippen LogP contribution in [0.2, 0.25) is 0 Å². The lowest BCUT2D eigenvalue weighted by Gasteiger charge is -2.19. The Kier molecular flexibility index (Phi) is 42.0. The van der Waals surface area contributed by atoms with Gasteiger partial charge in [-0.2, -0.15) is 0 Å². The largest absolute Gasteiger partial charge is 0.472 e. The maximum absolute atomic E-state index is 12.6. The molecule has 2 atom stereocenters. The highest BCUT2D eigenvalue weighted by Gasteiger charge is 2.26. The van der Waals surface area contributed by atoms with Gasteiger partial charge in [-0.25, -0.2) is 4.57 Å². The second kappa shape index (κ2) is 43.5. The summed E-state index contributed by atoms with van der Waals surface area (Å²) in [6, 6.07) is 0. The molecule has 0 saturated carbocycles.